The molecule has 0 spiro atoms. The van der Waals surface area contributed by atoms with E-state index in [1.807, 2.05) is 106 Å². The van der Waals surface area contributed by atoms with E-state index in [-0.39, 0.29) is 17.6 Å². The summed E-state index contributed by atoms with van der Waals surface area (Å²) in [5.74, 6) is 0.541. The number of H-pyrrole nitrogens is 1. The third kappa shape index (κ3) is 4.25. The predicted molar refractivity (Wildman–Crippen MR) is 162 cm³/mol. The number of nitrogens with zero attached hydrogens (tertiary/aromatic N) is 5. The van der Waals surface area contributed by atoms with Gasteiger partial charge in [0, 0.05) is 30.3 Å². The highest BCUT2D eigenvalue weighted by atomic mass is 16.5. The van der Waals surface area contributed by atoms with Crippen LogP contribution >= 0.6 is 0 Å². The van der Waals surface area contributed by atoms with Gasteiger partial charge in [-0.1, -0.05) is 54.6 Å². The molecule has 7 rings (SSSR count). The fourth-order valence-electron chi connectivity index (χ4n) is 6.15. The zero-order valence-corrected chi connectivity index (χ0v) is 23.4. The van der Waals surface area contributed by atoms with Gasteiger partial charge in [-0.3, -0.25) is 9.36 Å². The molecule has 3 aromatic heterocycles. The lowest BCUT2D eigenvalue weighted by Crippen LogP contribution is -2.40. The van der Waals surface area contributed by atoms with E-state index in [1.165, 1.54) is 0 Å². The summed E-state index contributed by atoms with van der Waals surface area (Å²) in [4.78, 5) is 36.5. The summed E-state index contributed by atoms with van der Waals surface area (Å²) in [6.45, 7) is 3.01. The highest BCUT2D eigenvalue weighted by Crippen LogP contribution is 2.35. The number of ether oxygens (including phenoxy) is 1. The van der Waals surface area contributed by atoms with Crippen LogP contribution in [-0.4, -0.2) is 55.2 Å². The number of hydrogen-bond acceptors (Lipinski definition) is 5. The van der Waals surface area contributed by atoms with Crippen molar-refractivity contribution >= 4 is 22.6 Å². The van der Waals surface area contributed by atoms with E-state index >= 15 is 0 Å². The molecular weight excluding hydrogens is 528 g/mol. The molecule has 0 atom stereocenters. The number of aromatic nitrogens is 5. The second kappa shape index (κ2) is 10.3. The molecule has 210 valence electrons. The van der Waals surface area contributed by atoms with Gasteiger partial charge in [-0.2, -0.15) is 5.10 Å². The van der Waals surface area contributed by atoms with Gasteiger partial charge in [-0.25, -0.2) is 14.3 Å². The van der Waals surface area contributed by atoms with Crippen LogP contribution in [0.1, 0.15) is 35.1 Å². The van der Waals surface area contributed by atoms with Crippen molar-refractivity contribution in [1.82, 2.24) is 29.0 Å². The van der Waals surface area contributed by atoms with Crippen LogP contribution in [0.5, 0.6) is 5.75 Å². The molecule has 4 heterocycles. The summed E-state index contributed by atoms with van der Waals surface area (Å²) in [5.41, 5.74) is 6.81. The first-order valence-corrected chi connectivity index (χ1v) is 14.1. The highest BCUT2D eigenvalue weighted by Gasteiger charge is 2.29. The molecule has 0 radical (unpaired) electrons. The molecule has 1 saturated heterocycles. The monoisotopic (exact) mass is 558 g/mol. The topological polar surface area (TPSA) is 97.5 Å². The van der Waals surface area contributed by atoms with Crippen LogP contribution in [0.15, 0.2) is 89.7 Å². The number of carbonyl (C=O) groups excluding carboxylic acids is 1. The van der Waals surface area contributed by atoms with Crippen molar-refractivity contribution in [2.24, 2.45) is 0 Å². The van der Waals surface area contributed by atoms with Crippen molar-refractivity contribution in [3.8, 4) is 28.1 Å². The van der Waals surface area contributed by atoms with Crippen molar-refractivity contribution < 1.29 is 9.53 Å². The highest BCUT2D eigenvalue weighted by molar-refractivity contribution is 5.95. The van der Waals surface area contributed by atoms with E-state index in [0.717, 1.165) is 39.1 Å². The van der Waals surface area contributed by atoms with E-state index in [9.17, 15) is 9.59 Å². The van der Waals surface area contributed by atoms with Gasteiger partial charge in [0.05, 0.1) is 29.5 Å². The lowest BCUT2D eigenvalue weighted by molar-refractivity contribution is 0.0689. The van der Waals surface area contributed by atoms with Crippen LogP contribution in [0.2, 0.25) is 0 Å². The molecule has 1 fully saturated rings. The summed E-state index contributed by atoms with van der Waals surface area (Å²) >= 11 is 0. The van der Waals surface area contributed by atoms with Gasteiger partial charge in [0.2, 0.25) is 0 Å². The normalized spacial score (nSPS) is 14.1. The molecule has 1 aliphatic heterocycles. The van der Waals surface area contributed by atoms with Gasteiger partial charge < -0.3 is 14.6 Å². The van der Waals surface area contributed by atoms with Gasteiger partial charge in [-0.05, 0) is 55.7 Å². The van der Waals surface area contributed by atoms with Crippen molar-refractivity contribution in [2.75, 3.05) is 20.2 Å². The van der Waals surface area contributed by atoms with Crippen LogP contribution in [0, 0.1) is 6.92 Å². The van der Waals surface area contributed by atoms with Gasteiger partial charge in [0.1, 0.15) is 11.4 Å². The Morgan fingerprint density at radius 2 is 1.67 bits per heavy atom. The molecule has 0 bridgehead atoms. The maximum Gasteiger partial charge on any atom is 0.326 e. The second-order valence-electron chi connectivity index (χ2n) is 10.6. The molecule has 3 aromatic carbocycles. The number of amides is 1. The van der Waals surface area contributed by atoms with Crippen molar-refractivity contribution in [3.05, 3.63) is 107 Å². The minimum atomic E-state index is -0.142. The summed E-state index contributed by atoms with van der Waals surface area (Å²) in [6.07, 6.45) is 1.35. The van der Waals surface area contributed by atoms with E-state index in [0.29, 0.717) is 43.0 Å². The molecule has 9 heteroatoms. The third-order valence-electron chi connectivity index (χ3n) is 8.17. The molecule has 9 nitrogen and oxygen atoms in total. The third-order valence-corrected chi connectivity index (χ3v) is 8.17. The first-order chi connectivity index (χ1) is 20.5. The van der Waals surface area contributed by atoms with Crippen molar-refractivity contribution in [1.29, 1.82) is 0 Å². The van der Waals surface area contributed by atoms with E-state index in [4.69, 9.17) is 14.8 Å². The summed E-state index contributed by atoms with van der Waals surface area (Å²) in [7, 11) is 1.64. The number of likely N-dealkylation sites (tertiary alicyclic amines) is 1. The number of aromatic amines is 1. The first-order valence-electron chi connectivity index (χ1n) is 14.1. The Bertz CT molecular complexity index is 2000. The van der Waals surface area contributed by atoms with E-state index in [1.54, 1.807) is 7.11 Å². The Morgan fingerprint density at radius 3 is 2.45 bits per heavy atom. The van der Waals surface area contributed by atoms with Crippen LogP contribution < -0.4 is 10.4 Å². The maximum atomic E-state index is 14.0. The zero-order valence-electron chi connectivity index (χ0n) is 23.4. The molecule has 42 heavy (non-hydrogen) atoms. The number of nitrogens with one attached hydrogen (secondary N) is 1. The largest absolute Gasteiger partial charge is 0.496 e. The number of aryl methyl sites for hydroxylation is 1. The average Bonchev–Trinajstić information content (AvgIpc) is 3.55. The fraction of sp³-hybridized carbons (Fsp3) is 0.212. The lowest BCUT2D eigenvalue weighted by Gasteiger charge is -2.32. The zero-order chi connectivity index (χ0) is 28.8. The standard InChI is InChI=1S/C33H30N6O3/c1-21-30(22-10-4-3-5-11-22)31-34-26(20-28(39(31)36-21)24-12-6-9-15-29(24)42-2)32(40)37-18-16-23(17-19-37)38-27-14-8-7-13-25(27)35-33(38)41/h3-15,20,23H,16-19H2,1-2H3,(H,35,41). The van der Waals surface area contributed by atoms with Crippen LogP contribution in [-0.2, 0) is 0 Å². The number of benzene rings is 3. The quantitative estimate of drug-likeness (QED) is 0.301. The fourth-order valence-corrected chi connectivity index (χ4v) is 6.15. The second-order valence-corrected chi connectivity index (χ2v) is 10.6. The number of fused-ring (bicyclic) bond motifs is 2. The van der Waals surface area contributed by atoms with Crippen LogP contribution in [0.4, 0.5) is 0 Å². The SMILES string of the molecule is COc1ccccc1-c1cc(C(=O)N2CCC(n3c(=O)[nH]c4ccccc43)CC2)nc2c(-c3ccccc3)c(C)nn12. The Balaban J connectivity index is 1.28. The summed E-state index contributed by atoms with van der Waals surface area (Å²) in [5, 5.41) is 4.86. The number of para-hydroxylation sites is 3. The average molecular weight is 559 g/mol. The maximum absolute atomic E-state index is 14.0. The number of methoxy groups -OCH3 is 1. The number of carbonyl (C=O) groups is 1. The van der Waals surface area contributed by atoms with E-state index < -0.39 is 0 Å². The first kappa shape index (κ1) is 25.8. The van der Waals surface area contributed by atoms with Gasteiger partial charge in [0.25, 0.3) is 5.91 Å². The molecule has 6 aromatic rings. The van der Waals surface area contributed by atoms with Crippen molar-refractivity contribution in [3.63, 3.8) is 0 Å². The van der Waals surface area contributed by atoms with Crippen LogP contribution in [0.25, 0.3) is 39.1 Å². The Hall–Kier alpha value is -5.18. The van der Waals surface area contributed by atoms with Crippen molar-refractivity contribution in [2.45, 2.75) is 25.8 Å². The summed E-state index contributed by atoms with van der Waals surface area (Å²) < 4.78 is 9.33. The molecule has 1 amide bonds. The number of piperidine rings is 1. The van der Waals surface area contributed by atoms with Crippen LogP contribution in [0.3, 0.4) is 0 Å². The Kier molecular flexibility index (Phi) is 6.34. The minimum absolute atomic E-state index is 0.0134. The van der Waals surface area contributed by atoms with Gasteiger partial charge >= 0.3 is 5.69 Å². The number of imidazole rings is 1. The molecular formula is C33H30N6O3. The minimum Gasteiger partial charge on any atom is -0.496 e. The molecule has 0 unspecified atom stereocenters. The molecule has 1 N–H and O–H groups in total. The van der Waals surface area contributed by atoms with Gasteiger partial charge in [-0.15, -0.1) is 0 Å². The molecule has 0 aliphatic carbocycles. The number of hydrogen-bond donors (Lipinski definition) is 1. The number of rotatable bonds is 5. The summed E-state index contributed by atoms with van der Waals surface area (Å²) in [6, 6.07) is 27.3. The van der Waals surface area contributed by atoms with E-state index in [2.05, 4.69) is 4.98 Å². The van der Waals surface area contributed by atoms with Gasteiger partial charge in [0.15, 0.2) is 5.65 Å². The molecule has 0 saturated carbocycles. The Labute approximate surface area is 242 Å². The smallest absolute Gasteiger partial charge is 0.326 e. The predicted octanol–water partition coefficient (Wildman–Crippen LogP) is 5.50. The molecule has 1 aliphatic rings. The Morgan fingerprint density at radius 1 is 0.952 bits per heavy atom. The lowest BCUT2D eigenvalue weighted by atomic mass is 10.0.